The smallest absolute Gasteiger partial charge is 0.466 e. The van der Waals surface area contributed by atoms with Crippen LogP contribution in [0.5, 0.6) is 0 Å². The van der Waals surface area contributed by atoms with Gasteiger partial charge in [-0.2, -0.15) is 0 Å². The second-order valence-corrected chi connectivity index (χ2v) is 4.78. The van der Waals surface area contributed by atoms with Crippen molar-refractivity contribution in [2.75, 3.05) is 13.2 Å². The quantitative estimate of drug-likeness (QED) is 0.505. The zero-order valence-corrected chi connectivity index (χ0v) is 13.9. The molecule has 0 radical (unpaired) electrons. The molecule has 0 atom stereocenters. The molecule has 0 aliphatic heterocycles. The predicted octanol–water partition coefficient (Wildman–Crippen LogP) is 2.61. The Hall–Kier alpha value is -2.57. The van der Waals surface area contributed by atoms with Crippen molar-refractivity contribution in [3.63, 3.8) is 0 Å². The molecule has 0 saturated heterocycles. The molecule has 7 nitrogen and oxygen atoms in total. The molecule has 132 valence electrons. The van der Waals surface area contributed by atoms with Crippen molar-refractivity contribution in [1.29, 1.82) is 0 Å². The van der Waals surface area contributed by atoms with Crippen molar-refractivity contribution in [3.05, 3.63) is 35.9 Å². The maximum atomic E-state index is 11.8. The van der Waals surface area contributed by atoms with Gasteiger partial charge in [0, 0.05) is 0 Å². The third kappa shape index (κ3) is 8.17. The van der Waals surface area contributed by atoms with Crippen LogP contribution < -0.4 is 0 Å². The summed E-state index contributed by atoms with van der Waals surface area (Å²) in [6.45, 7) is 3.75. The van der Waals surface area contributed by atoms with E-state index >= 15 is 0 Å². The molecule has 0 N–H and O–H groups in total. The van der Waals surface area contributed by atoms with Crippen molar-refractivity contribution < 1.29 is 33.3 Å². The first-order valence-corrected chi connectivity index (χ1v) is 7.73. The first-order valence-electron chi connectivity index (χ1n) is 7.73. The summed E-state index contributed by atoms with van der Waals surface area (Å²) < 4.78 is 19.6. The molecule has 0 aliphatic rings. The number of hydrogen-bond donors (Lipinski definition) is 0. The molecular weight excluding hydrogens is 316 g/mol. The van der Waals surface area contributed by atoms with Gasteiger partial charge in [0.25, 0.3) is 0 Å². The largest absolute Gasteiger partial charge is 0.508 e. The fraction of sp³-hybridized carbons (Fsp3) is 0.471. The van der Waals surface area contributed by atoms with E-state index < -0.39 is 24.2 Å². The first kappa shape index (κ1) is 19.5. The Balaban J connectivity index is 2.53. The van der Waals surface area contributed by atoms with E-state index in [4.69, 9.17) is 18.9 Å². The minimum Gasteiger partial charge on any atom is -0.466 e. The highest BCUT2D eigenvalue weighted by Gasteiger charge is 2.24. The van der Waals surface area contributed by atoms with Gasteiger partial charge in [-0.3, -0.25) is 9.59 Å². The van der Waals surface area contributed by atoms with Gasteiger partial charge in [-0.1, -0.05) is 30.3 Å². The highest BCUT2D eigenvalue weighted by Crippen LogP contribution is 2.10. The maximum Gasteiger partial charge on any atom is 0.508 e. The van der Waals surface area contributed by atoms with Gasteiger partial charge in [-0.05, 0) is 19.4 Å². The molecule has 0 spiro atoms. The van der Waals surface area contributed by atoms with E-state index in [1.807, 2.05) is 18.2 Å². The van der Waals surface area contributed by atoms with E-state index in [-0.39, 0.29) is 32.7 Å². The third-order valence-corrected chi connectivity index (χ3v) is 2.86. The lowest BCUT2D eigenvalue weighted by molar-refractivity contribution is -0.149. The van der Waals surface area contributed by atoms with Crippen molar-refractivity contribution in [1.82, 2.24) is 0 Å². The zero-order chi connectivity index (χ0) is 17.8. The Morgan fingerprint density at radius 1 is 0.875 bits per heavy atom. The first-order chi connectivity index (χ1) is 11.5. The number of carbonyl (C=O) groups is 3. The normalized spacial score (nSPS) is 10.1. The molecular formula is C17H22O7. The molecule has 1 aromatic carbocycles. The summed E-state index contributed by atoms with van der Waals surface area (Å²) in [5, 5.41) is 0. The second-order valence-electron chi connectivity index (χ2n) is 4.78. The van der Waals surface area contributed by atoms with Gasteiger partial charge in [0.05, 0.1) is 26.1 Å². The number of rotatable bonds is 9. The monoisotopic (exact) mass is 338 g/mol. The van der Waals surface area contributed by atoms with Crippen LogP contribution in [0.25, 0.3) is 0 Å². The molecule has 24 heavy (non-hydrogen) atoms. The highest BCUT2D eigenvalue weighted by molar-refractivity contribution is 5.74. The van der Waals surface area contributed by atoms with Crippen LogP contribution in [0.1, 0.15) is 32.3 Å². The molecule has 0 saturated carbocycles. The van der Waals surface area contributed by atoms with Crippen LogP contribution in [-0.4, -0.2) is 37.4 Å². The molecule has 0 heterocycles. The van der Waals surface area contributed by atoms with Gasteiger partial charge in [-0.15, -0.1) is 0 Å². The fourth-order valence-corrected chi connectivity index (χ4v) is 1.85. The van der Waals surface area contributed by atoms with Crippen LogP contribution in [0.2, 0.25) is 0 Å². The number of carbonyl (C=O) groups excluding carboxylic acids is 3. The summed E-state index contributed by atoms with van der Waals surface area (Å²) in [6, 6.07) is 9.06. The summed E-state index contributed by atoms with van der Waals surface area (Å²) in [4.78, 5) is 34.9. The van der Waals surface area contributed by atoms with E-state index in [1.165, 1.54) is 0 Å². The molecule has 0 aromatic heterocycles. The van der Waals surface area contributed by atoms with Crippen molar-refractivity contribution in [2.45, 2.75) is 39.4 Å². The average molecular weight is 338 g/mol. The summed E-state index contributed by atoms with van der Waals surface area (Å²) in [6.07, 6.45) is -2.44. The Morgan fingerprint density at radius 2 is 1.42 bits per heavy atom. The maximum absolute atomic E-state index is 11.8. The van der Waals surface area contributed by atoms with Gasteiger partial charge in [0.15, 0.2) is 0 Å². The number of benzene rings is 1. The standard InChI is InChI=1S/C17H22O7/c1-3-21-15(18)10-14(11-16(19)22-4-2)24-17(20)23-12-13-8-6-5-7-9-13/h5-9,14H,3-4,10-12H2,1-2H3. The number of ether oxygens (including phenoxy) is 4. The van der Waals surface area contributed by atoms with Crippen molar-refractivity contribution >= 4 is 18.1 Å². The number of hydrogen-bond acceptors (Lipinski definition) is 7. The summed E-state index contributed by atoms with van der Waals surface area (Å²) >= 11 is 0. The second kappa shape index (κ2) is 11.0. The minimum absolute atomic E-state index is 0.0329. The summed E-state index contributed by atoms with van der Waals surface area (Å²) in [5.74, 6) is -1.13. The van der Waals surface area contributed by atoms with Gasteiger partial charge in [0.2, 0.25) is 0 Å². The summed E-state index contributed by atoms with van der Waals surface area (Å²) in [5.41, 5.74) is 0.793. The van der Waals surface area contributed by atoms with Crippen LogP contribution in [0.4, 0.5) is 4.79 Å². The van der Waals surface area contributed by atoms with Crippen LogP contribution in [0.3, 0.4) is 0 Å². The highest BCUT2D eigenvalue weighted by atomic mass is 16.7. The Kier molecular flexibility index (Phi) is 8.96. The van der Waals surface area contributed by atoms with Crippen molar-refractivity contribution in [2.24, 2.45) is 0 Å². The van der Waals surface area contributed by atoms with Crippen LogP contribution >= 0.6 is 0 Å². The SMILES string of the molecule is CCOC(=O)CC(CC(=O)OCC)OC(=O)OCc1ccccc1. The van der Waals surface area contributed by atoms with Crippen LogP contribution in [0.15, 0.2) is 30.3 Å². The van der Waals surface area contributed by atoms with E-state index in [9.17, 15) is 14.4 Å². The molecule has 0 unspecified atom stereocenters. The lowest BCUT2D eigenvalue weighted by Crippen LogP contribution is -2.26. The molecule has 0 aliphatic carbocycles. The van der Waals surface area contributed by atoms with E-state index in [0.717, 1.165) is 5.56 Å². The third-order valence-electron chi connectivity index (χ3n) is 2.86. The summed E-state index contributed by atoms with van der Waals surface area (Å²) in [7, 11) is 0. The Labute approximate surface area is 140 Å². The molecule has 1 aromatic rings. The Morgan fingerprint density at radius 3 is 1.92 bits per heavy atom. The van der Waals surface area contributed by atoms with Gasteiger partial charge < -0.3 is 18.9 Å². The van der Waals surface area contributed by atoms with E-state index in [2.05, 4.69) is 0 Å². The average Bonchev–Trinajstić information content (AvgIpc) is 2.54. The lowest BCUT2D eigenvalue weighted by atomic mass is 10.2. The minimum atomic E-state index is -0.994. The van der Waals surface area contributed by atoms with Gasteiger partial charge in [0.1, 0.15) is 12.7 Å². The number of esters is 2. The molecule has 0 bridgehead atoms. The molecule has 7 heteroatoms. The van der Waals surface area contributed by atoms with Gasteiger partial charge >= 0.3 is 18.1 Å². The van der Waals surface area contributed by atoms with E-state index in [1.54, 1.807) is 26.0 Å². The topological polar surface area (TPSA) is 88.1 Å². The zero-order valence-electron chi connectivity index (χ0n) is 13.9. The van der Waals surface area contributed by atoms with E-state index in [0.29, 0.717) is 0 Å². The van der Waals surface area contributed by atoms with Crippen LogP contribution in [-0.2, 0) is 35.1 Å². The van der Waals surface area contributed by atoms with Crippen LogP contribution in [0, 0.1) is 0 Å². The van der Waals surface area contributed by atoms with Crippen molar-refractivity contribution in [3.8, 4) is 0 Å². The molecule has 0 fully saturated rings. The molecule has 1 rings (SSSR count). The Bertz CT molecular complexity index is 507. The lowest BCUT2D eigenvalue weighted by Gasteiger charge is -2.16. The predicted molar refractivity (Wildman–Crippen MR) is 84.0 cm³/mol. The fourth-order valence-electron chi connectivity index (χ4n) is 1.85. The van der Waals surface area contributed by atoms with Gasteiger partial charge in [-0.25, -0.2) is 4.79 Å². The molecule has 0 amide bonds.